The number of likely N-dealkylation sites (tertiary alicyclic amines) is 1. The molecule has 0 saturated carbocycles. The molecule has 3 aromatic rings. The number of carbonyl (C=O) groups excluding carboxylic acids is 2. The normalized spacial score (nSPS) is 19.7. The number of piperidine rings is 1. The van der Waals surface area contributed by atoms with Crippen LogP contribution in [0.5, 0.6) is 0 Å². The topological polar surface area (TPSA) is 91.3 Å². The van der Waals surface area contributed by atoms with E-state index in [2.05, 4.69) is 16.0 Å². The SMILES string of the molecule is COCCCn1c(C2CCCN(C(=O)C[C@@H](Cc3ccc(B4OC(C)(C)C(C)(C)O4)cc3)NC(=O)OC(C)(C)C)C2)cc2cccc(F)c21. The van der Waals surface area contributed by atoms with Crippen molar-refractivity contribution in [3.63, 3.8) is 0 Å². The number of carbonyl (C=O) groups is 2. The molecule has 0 radical (unpaired) electrons. The summed E-state index contributed by atoms with van der Waals surface area (Å²) in [5.74, 6) is -0.218. The average molecular weight is 678 g/mol. The molecule has 266 valence electrons. The van der Waals surface area contributed by atoms with Crippen molar-refractivity contribution >= 4 is 35.5 Å². The second-order valence-electron chi connectivity index (χ2n) is 15.5. The second-order valence-corrected chi connectivity index (χ2v) is 15.5. The summed E-state index contributed by atoms with van der Waals surface area (Å²) < 4.78 is 40.4. The molecular formula is C38H53BFN3O6. The predicted octanol–water partition coefficient (Wildman–Crippen LogP) is 6.35. The summed E-state index contributed by atoms with van der Waals surface area (Å²) >= 11 is 0. The Balaban J connectivity index is 1.31. The van der Waals surface area contributed by atoms with Gasteiger partial charge in [-0.1, -0.05) is 36.4 Å². The number of halogens is 1. The van der Waals surface area contributed by atoms with Gasteiger partial charge in [0.25, 0.3) is 0 Å². The fourth-order valence-corrected chi connectivity index (χ4v) is 6.75. The second kappa shape index (κ2) is 14.8. The molecule has 3 heterocycles. The predicted molar refractivity (Wildman–Crippen MR) is 191 cm³/mol. The smallest absolute Gasteiger partial charge is 0.444 e. The third-order valence-electron chi connectivity index (χ3n) is 9.95. The van der Waals surface area contributed by atoms with Gasteiger partial charge in [-0.2, -0.15) is 0 Å². The van der Waals surface area contributed by atoms with Crippen LogP contribution in [0.3, 0.4) is 0 Å². The van der Waals surface area contributed by atoms with E-state index < -0.39 is 36.1 Å². The van der Waals surface area contributed by atoms with Crippen molar-refractivity contribution in [2.24, 2.45) is 0 Å². The van der Waals surface area contributed by atoms with Gasteiger partial charge in [-0.25, -0.2) is 9.18 Å². The first-order valence-corrected chi connectivity index (χ1v) is 17.6. The highest BCUT2D eigenvalue weighted by Gasteiger charge is 2.51. The molecule has 2 aliphatic heterocycles. The molecule has 2 atom stereocenters. The van der Waals surface area contributed by atoms with Crippen molar-refractivity contribution in [2.75, 3.05) is 26.8 Å². The summed E-state index contributed by atoms with van der Waals surface area (Å²) in [7, 11) is 1.19. The van der Waals surface area contributed by atoms with Gasteiger partial charge in [0.05, 0.1) is 16.7 Å². The number of ether oxygens (including phenoxy) is 2. The summed E-state index contributed by atoms with van der Waals surface area (Å²) in [5.41, 5.74) is 1.96. The van der Waals surface area contributed by atoms with Crippen molar-refractivity contribution in [1.82, 2.24) is 14.8 Å². The summed E-state index contributed by atoms with van der Waals surface area (Å²) in [6.07, 6.45) is 2.50. The number of aromatic nitrogens is 1. The van der Waals surface area contributed by atoms with E-state index in [4.69, 9.17) is 18.8 Å². The number of hydrogen-bond acceptors (Lipinski definition) is 6. The Morgan fingerprint density at radius 3 is 2.43 bits per heavy atom. The highest BCUT2D eigenvalue weighted by molar-refractivity contribution is 6.62. The van der Waals surface area contributed by atoms with E-state index in [1.54, 1.807) is 13.2 Å². The number of aryl methyl sites for hydroxylation is 1. The molecule has 1 unspecified atom stereocenters. The fourth-order valence-electron chi connectivity index (χ4n) is 6.75. The Bertz CT molecular complexity index is 1600. The van der Waals surface area contributed by atoms with E-state index >= 15 is 4.39 Å². The fraction of sp³-hybridized carbons (Fsp3) is 0.579. The van der Waals surface area contributed by atoms with Crippen molar-refractivity contribution < 1.29 is 32.8 Å². The van der Waals surface area contributed by atoms with Crippen LogP contribution in [0, 0.1) is 5.82 Å². The molecule has 0 bridgehead atoms. The molecule has 2 amide bonds. The van der Waals surface area contributed by atoms with Crippen LogP contribution in [-0.2, 0) is 36.5 Å². The van der Waals surface area contributed by atoms with E-state index in [-0.39, 0.29) is 24.1 Å². The van der Waals surface area contributed by atoms with Crippen LogP contribution in [0.15, 0.2) is 48.5 Å². The molecule has 1 aromatic heterocycles. The number of hydrogen-bond donors (Lipinski definition) is 1. The van der Waals surface area contributed by atoms with Crippen molar-refractivity contribution in [3.05, 3.63) is 65.6 Å². The van der Waals surface area contributed by atoms with Crippen LogP contribution >= 0.6 is 0 Å². The van der Waals surface area contributed by atoms with Crippen molar-refractivity contribution in [1.29, 1.82) is 0 Å². The van der Waals surface area contributed by atoms with Crippen LogP contribution in [0.2, 0.25) is 0 Å². The van der Waals surface area contributed by atoms with Crippen LogP contribution < -0.4 is 10.8 Å². The summed E-state index contributed by atoms with van der Waals surface area (Å²) in [4.78, 5) is 28.8. The molecule has 9 nitrogen and oxygen atoms in total. The minimum atomic E-state index is -0.676. The Hall–Kier alpha value is -3.41. The average Bonchev–Trinajstić information content (AvgIpc) is 3.50. The first kappa shape index (κ1) is 36.9. The Kier molecular flexibility index (Phi) is 11.2. The summed E-state index contributed by atoms with van der Waals surface area (Å²) in [6.45, 7) is 15.9. The molecule has 2 aliphatic rings. The Labute approximate surface area is 290 Å². The van der Waals surface area contributed by atoms with Gasteiger partial charge < -0.3 is 33.6 Å². The number of methoxy groups -OCH3 is 1. The van der Waals surface area contributed by atoms with Gasteiger partial charge in [-0.15, -0.1) is 0 Å². The lowest BCUT2D eigenvalue weighted by atomic mass is 9.78. The van der Waals surface area contributed by atoms with Crippen LogP contribution in [-0.4, -0.2) is 78.2 Å². The third-order valence-corrected chi connectivity index (χ3v) is 9.95. The van der Waals surface area contributed by atoms with Crippen LogP contribution in [0.4, 0.5) is 9.18 Å². The monoisotopic (exact) mass is 677 g/mol. The van der Waals surface area contributed by atoms with E-state index in [1.807, 2.05) is 83.7 Å². The van der Waals surface area contributed by atoms with Gasteiger partial charge in [-0.3, -0.25) is 4.79 Å². The van der Waals surface area contributed by atoms with Crippen molar-refractivity contribution in [3.8, 4) is 0 Å². The highest BCUT2D eigenvalue weighted by atomic mass is 19.1. The van der Waals surface area contributed by atoms with E-state index in [0.717, 1.165) is 41.4 Å². The largest absolute Gasteiger partial charge is 0.494 e. The highest BCUT2D eigenvalue weighted by Crippen LogP contribution is 2.37. The Morgan fingerprint density at radius 2 is 1.78 bits per heavy atom. The molecular weight excluding hydrogens is 624 g/mol. The molecule has 5 rings (SSSR count). The number of fused-ring (bicyclic) bond motifs is 1. The Morgan fingerprint density at radius 1 is 1.08 bits per heavy atom. The number of benzene rings is 2. The zero-order chi connectivity index (χ0) is 35.6. The number of rotatable bonds is 11. The van der Waals surface area contributed by atoms with E-state index in [0.29, 0.717) is 38.2 Å². The lowest BCUT2D eigenvalue weighted by Gasteiger charge is -2.34. The number of alkyl carbamates (subject to hydrolysis) is 1. The number of para-hydroxylation sites is 1. The first-order chi connectivity index (χ1) is 23.1. The molecule has 0 spiro atoms. The third kappa shape index (κ3) is 8.85. The van der Waals surface area contributed by atoms with Gasteiger partial charge in [-0.05, 0) is 97.3 Å². The van der Waals surface area contributed by atoms with Crippen LogP contribution in [0.25, 0.3) is 10.9 Å². The lowest BCUT2D eigenvalue weighted by molar-refractivity contribution is -0.132. The molecule has 2 saturated heterocycles. The van der Waals surface area contributed by atoms with Gasteiger partial charge in [0.2, 0.25) is 5.91 Å². The molecule has 0 aliphatic carbocycles. The van der Waals surface area contributed by atoms with Gasteiger partial charge in [0.1, 0.15) is 11.4 Å². The molecule has 1 N–H and O–H groups in total. The zero-order valence-corrected chi connectivity index (χ0v) is 30.4. The van der Waals surface area contributed by atoms with E-state index in [1.165, 1.54) is 6.07 Å². The zero-order valence-electron chi connectivity index (χ0n) is 30.4. The number of nitrogens with one attached hydrogen (secondary N) is 1. The first-order valence-electron chi connectivity index (χ1n) is 17.6. The number of nitrogens with zero attached hydrogens (tertiary/aromatic N) is 2. The molecule has 2 aromatic carbocycles. The summed E-state index contributed by atoms with van der Waals surface area (Å²) in [5, 5.41) is 3.84. The molecule has 49 heavy (non-hydrogen) atoms. The lowest BCUT2D eigenvalue weighted by Crippen LogP contribution is -2.46. The minimum absolute atomic E-state index is 0.0344. The number of amides is 2. The van der Waals surface area contributed by atoms with E-state index in [9.17, 15) is 9.59 Å². The van der Waals surface area contributed by atoms with Crippen LogP contribution in [0.1, 0.15) is 91.3 Å². The standard InChI is InChI=1S/C38H53BFN3O6/c1-36(2,3)47-35(45)41-30(22-26-15-17-29(18-16-26)39-48-37(4,5)38(6,7)49-39)24-33(44)42-19-10-13-28(25-42)32-23-27-12-9-14-31(40)34(27)43(32)20-11-21-46-8/h9,12,14-18,23,28,30H,10-11,13,19-22,24-25H2,1-8H3,(H,41,45)/t28?,30-/m1/s1. The maximum Gasteiger partial charge on any atom is 0.494 e. The van der Waals surface area contributed by atoms with Crippen molar-refractivity contribution in [2.45, 2.75) is 116 Å². The quantitative estimate of drug-likeness (QED) is 0.188. The summed E-state index contributed by atoms with van der Waals surface area (Å²) in [6, 6.07) is 14.7. The van der Waals surface area contributed by atoms with Gasteiger partial charge >= 0.3 is 13.2 Å². The van der Waals surface area contributed by atoms with Gasteiger partial charge in [0.15, 0.2) is 0 Å². The minimum Gasteiger partial charge on any atom is -0.444 e. The van der Waals surface area contributed by atoms with Gasteiger partial charge in [0, 0.05) is 62.8 Å². The molecule has 11 heteroatoms. The maximum absolute atomic E-state index is 15.1. The maximum atomic E-state index is 15.1. The molecule has 2 fully saturated rings.